The highest BCUT2D eigenvalue weighted by molar-refractivity contribution is 5.79. The van der Waals surface area contributed by atoms with Gasteiger partial charge in [0.25, 0.3) is 5.79 Å². The second-order valence-electron chi connectivity index (χ2n) is 10.8. The zero-order valence-corrected chi connectivity index (χ0v) is 28.1. The average molecular weight is 684 g/mol. The Bertz CT molecular complexity index is 1230. The molecule has 1 amide bonds. The number of ether oxygens (including phenoxy) is 9. The molecule has 268 valence electrons. The van der Waals surface area contributed by atoms with Crippen LogP contribution in [-0.4, -0.2) is 112 Å². The van der Waals surface area contributed by atoms with E-state index >= 15 is 0 Å². The van der Waals surface area contributed by atoms with Gasteiger partial charge in [-0.05, 0) is 12.0 Å². The summed E-state index contributed by atoms with van der Waals surface area (Å²) in [6, 6.07) is 8.36. The van der Waals surface area contributed by atoms with Gasteiger partial charge in [-0.3, -0.25) is 24.0 Å². The lowest BCUT2D eigenvalue weighted by atomic mass is 9.88. The molecule has 1 heterocycles. The number of rotatable bonds is 19. The molecule has 0 aliphatic carbocycles. The van der Waals surface area contributed by atoms with Gasteiger partial charge in [0.05, 0.1) is 46.0 Å². The number of benzene rings is 1. The number of methoxy groups -OCH3 is 1. The molecule has 48 heavy (non-hydrogen) atoms. The van der Waals surface area contributed by atoms with Crippen LogP contribution in [0, 0.1) is 0 Å². The molecular formula is C32H45NO15. The fourth-order valence-electron chi connectivity index (χ4n) is 4.93. The van der Waals surface area contributed by atoms with Gasteiger partial charge in [0.15, 0.2) is 12.2 Å². The summed E-state index contributed by atoms with van der Waals surface area (Å²) in [7, 11) is 1.08. The van der Waals surface area contributed by atoms with Crippen molar-refractivity contribution in [3.63, 3.8) is 0 Å². The topological polar surface area (TPSA) is 198 Å². The van der Waals surface area contributed by atoms with Gasteiger partial charge in [-0.15, -0.1) is 0 Å². The van der Waals surface area contributed by atoms with Gasteiger partial charge < -0.3 is 47.9 Å². The summed E-state index contributed by atoms with van der Waals surface area (Å²) >= 11 is 0. The Morgan fingerprint density at radius 2 is 1.52 bits per heavy atom. The van der Waals surface area contributed by atoms with Crippen LogP contribution in [0.25, 0.3) is 0 Å². The number of hydrogen-bond acceptors (Lipinski definition) is 15. The number of amides is 1. The van der Waals surface area contributed by atoms with Crippen LogP contribution in [0.2, 0.25) is 0 Å². The van der Waals surface area contributed by atoms with Crippen molar-refractivity contribution in [3.05, 3.63) is 35.9 Å². The molecule has 16 heteroatoms. The highest BCUT2D eigenvalue weighted by atomic mass is 16.7. The third kappa shape index (κ3) is 13.5. The van der Waals surface area contributed by atoms with Gasteiger partial charge in [-0.2, -0.15) is 0 Å². The Labute approximate surface area is 278 Å². The summed E-state index contributed by atoms with van der Waals surface area (Å²) in [4.78, 5) is 74.0. The highest BCUT2D eigenvalue weighted by Gasteiger charge is 2.59. The standard InChI is InChI=1S/C32H45NO15/c1-20(34)33-28-26(45-22(3)36)17-32(31(39)40-6,44-14-10-13-41-15-16-42-18-25-11-8-7-9-12-25)48-30(28)29(47-24(5)38)27(46-23(4)37)19-43-21(2)35/h7-9,11-12,26-30H,10,13-19H2,1-6H3,(H,33,34)/t26-,27+,28+,29+,30+,32+/m0/s1. The van der Waals surface area contributed by atoms with Crippen molar-refractivity contribution in [2.24, 2.45) is 0 Å². The lowest BCUT2D eigenvalue weighted by Crippen LogP contribution is -2.69. The fraction of sp³-hybridized carbons (Fsp3) is 0.625. The van der Waals surface area contributed by atoms with Crippen LogP contribution < -0.4 is 5.32 Å². The first-order valence-corrected chi connectivity index (χ1v) is 15.3. The summed E-state index contributed by atoms with van der Waals surface area (Å²) in [6.07, 6.45) is -6.22. The van der Waals surface area contributed by atoms with Crippen molar-refractivity contribution in [2.75, 3.05) is 40.1 Å². The molecule has 0 aromatic heterocycles. The van der Waals surface area contributed by atoms with Crippen LogP contribution in [0.15, 0.2) is 30.3 Å². The number of esters is 5. The van der Waals surface area contributed by atoms with E-state index in [4.69, 9.17) is 42.6 Å². The third-order valence-electron chi connectivity index (χ3n) is 6.75. The van der Waals surface area contributed by atoms with Gasteiger partial charge in [0.2, 0.25) is 5.91 Å². The Morgan fingerprint density at radius 1 is 0.854 bits per heavy atom. The van der Waals surface area contributed by atoms with E-state index in [9.17, 15) is 28.8 Å². The number of carbonyl (C=O) groups excluding carboxylic acids is 6. The molecule has 1 saturated heterocycles. The molecular weight excluding hydrogens is 638 g/mol. The second kappa shape index (κ2) is 20.3. The molecule has 0 saturated carbocycles. The normalized spacial score (nSPS) is 21.6. The Balaban J connectivity index is 2.32. The maximum absolute atomic E-state index is 13.3. The van der Waals surface area contributed by atoms with Crippen LogP contribution in [0.5, 0.6) is 0 Å². The van der Waals surface area contributed by atoms with Crippen molar-refractivity contribution in [1.29, 1.82) is 0 Å². The van der Waals surface area contributed by atoms with Gasteiger partial charge in [-0.1, -0.05) is 30.3 Å². The SMILES string of the molecule is COC(=O)[C@@]1(OCCCOCCOCc2ccccc2)C[C@H](OC(C)=O)[C@@H](NC(C)=O)[C@H]([C@H](OC(C)=O)[C@@H](COC(C)=O)OC(C)=O)O1. The molecule has 1 aromatic carbocycles. The zero-order chi connectivity index (χ0) is 35.7. The predicted octanol–water partition coefficient (Wildman–Crippen LogP) is 1.15. The van der Waals surface area contributed by atoms with Crippen LogP contribution in [0.3, 0.4) is 0 Å². The largest absolute Gasteiger partial charge is 0.465 e. The number of hydrogen-bond donors (Lipinski definition) is 1. The second-order valence-corrected chi connectivity index (χ2v) is 10.8. The first kappa shape index (κ1) is 40.1. The van der Waals surface area contributed by atoms with Crippen LogP contribution >= 0.6 is 0 Å². The zero-order valence-electron chi connectivity index (χ0n) is 28.1. The Morgan fingerprint density at radius 3 is 2.10 bits per heavy atom. The fourth-order valence-corrected chi connectivity index (χ4v) is 4.93. The molecule has 0 spiro atoms. The maximum Gasteiger partial charge on any atom is 0.366 e. The highest BCUT2D eigenvalue weighted by Crippen LogP contribution is 2.37. The van der Waals surface area contributed by atoms with E-state index in [1.807, 2.05) is 30.3 Å². The monoisotopic (exact) mass is 683 g/mol. The van der Waals surface area contributed by atoms with E-state index < -0.39 is 85.0 Å². The number of nitrogens with one attached hydrogen (secondary N) is 1. The minimum atomic E-state index is -2.27. The smallest absolute Gasteiger partial charge is 0.366 e. The predicted molar refractivity (Wildman–Crippen MR) is 163 cm³/mol. The lowest BCUT2D eigenvalue weighted by molar-refractivity contribution is -0.314. The molecule has 16 nitrogen and oxygen atoms in total. The molecule has 6 atom stereocenters. The number of carbonyl (C=O) groups is 6. The summed E-state index contributed by atoms with van der Waals surface area (Å²) in [5, 5.41) is 2.60. The molecule has 0 bridgehead atoms. The van der Waals surface area contributed by atoms with Gasteiger partial charge >= 0.3 is 29.8 Å². The van der Waals surface area contributed by atoms with Crippen LogP contribution in [0.4, 0.5) is 0 Å². The van der Waals surface area contributed by atoms with Crippen molar-refractivity contribution >= 4 is 35.8 Å². The molecule has 1 fully saturated rings. The lowest BCUT2D eigenvalue weighted by Gasteiger charge is -2.48. The van der Waals surface area contributed by atoms with Gasteiger partial charge in [0.1, 0.15) is 18.8 Å². The van der Waals surface area contributed by atoms with E-state index in [2.05, 4.69) is 5.32 Å². The molecule has 0 unspecified atom stereocenters. The Hall–Kier alpha value is -4.12. The molecule has 1 aliphatic rings. The first-order chi connectivity index (χ1) is 22.8. The minimum absolute atomic E-state index is 0.122. The van der Waals surface area contributed by atoms with E-state index in [1.165, 1.54) is 6.92 Å². The van der Waals surface area contributed by atoms with Gasteiger partial charge in [-0.25, -0.2) is 4.79 Å². The van der Waals surface area contributed by atoms with E-state index in [1.54, 1.807) is 0 Å². The van der Waals surface area contributed by atoms with E-state index in [-0.39, 0.29) is 19.6 Å². The van der Waals surface area contributed by atoms with E-state index in [0.717, 1.165) is 40.4 Å². The van der Waals surface area contributed by atoms with Crippen LogP contribution in [-0.2, 0) is 78.0 Å². The van der Waals surface area contributed by atoms with Crippen molar-refractivity contribution in [3.8, 4) is 0 Å². The van der Waals surface area contributed by atoms with Crippen molar-refractivity contribution < 1.29 is 71.4 Å². The third-order valence-corrected chi connectivity index (χ3v) is 6.75. The average Bonchev–Trinajstić information content (AvgIpc) is 3.01. The molecule has 1 aromatic rings. The summed E-state index contributed by atoms with van der Waals surface area (Å²) in [5.74, 6) is -7.15. The summed E-state index contributed by atoms with van der Waals surface area (Å²) in [5.41, 5.74) is 1.03. The first-order valence-electron chi connectivity index (χ1n) is 15.3. The summed E-state index contributed by atoms with van der Waals surface area (Å²) in [6.45, 7) is 6.09. The molecule has 2 rings (SSSR count). The van der Waals surface area contributed by atoms with E-state index in [0.29, 0.717) is 19.8 Å². The minimum Gasteiger partial charge on any atom is -0.465 e. The summed E-state index contributed by atoms with van der Waals surface area (Å²) < 4.78 is 49.8. The molecule has 1 N–H and O–H groups in total. The maximum atomic E-state index is 13.3. The van der Waals surface area contributed by atoms with Crippen LogP contribution in [0.1, 0.15) is 53.0 Å². The van der Waals surface area contributed by atoms with Crippen molar-refractivity contribution in [2.45, 2.75) is 90.3 Å². The Kier molecular flexibility index (Phi) is 16.9. The van der Waals surface area contributed by atoms with Crippen molar-refractivity contribution in [1.82, 2.24) is 5.32 Å². The molecule has 0 radical (unpaired) electrons. The van der Waals surface area contributed by atoms with Gasteiger partial charge in [0, 0.05) is 41.2 Å². The molecule has 1 aliphatic heterocycles. The quantitative estimate of drug-likeness (QED) is 0.124.